The minimum Gasteiger partial charge on any atom is -0.490 e. The summed E-state index contributed by atoms with van der Waals surface area (Å²) >= 11 is 1.78. The number of hydrogen-bond donors (Lipinski definition) is 0. The van der Waals surface area contributed by atoms with Gasteiger partial charge in [-0.25, -0.2) is 0 Å². The number of piperazine rings is 1. The van der Waals surface area contributed by atoms with Gasteiger partial charge in [-0.05, 0) is 29.6 Å². The number of carbonyl (C=O) groups is 1. The molecule has 0 bridgehead atoms. The molecular weight excluding hydrogens is 412 g/mol. The Bertz CT molecular complexity index is 1050. The van der Waals surface area contributed by atoms with E-state index in [1.54, 1.807) is 16.0 Å². The number of fused-ring (bicyclic) bond motifs is 1. The molecule has 0 saturated carbocycles. The molecule has 2 aliphatic rings. The monoisotopic (exact) mass is 438 g/mol. The second-order valence-corrected chi connectivity index (χ2v) is 8.96. The standard InChI is InChI=1S/C23H26N4O3S/c1-25-16-19(22(24-25)17-5-6-20-21(14-17)30-12-3-11-29-20)23(28)27-9-7-26(8-10-27)15-18-4-2-13-31-18/h2,4-6,13-14,16H,3,7-12,15H2,1H3. The number of carbonyl (C=O) groups excluding carboxylic acids is 1. The summed E-state index contributed by atoms with van der Waals surface area (Å²) in [5, 5.41) is 6.71. The molecular formula is C23H26N4O3S. The van der Waals surface area contributed by atoms with Gasteiger partial charge in [-0.1, -0.05) is 6.07 Å². The lowest BCUT2D eigenvalue weighted by Crippen LogP contribution is -2.48. The fourth-order valence-corrected chi connectivity index (χ4v) is 4.82. The lowest BCUT2D eigenvalue weighted by molar-refractivity contribution is 0.0630. The van der Waals surface area contributed by atoms with Gasteiger partial charge in [-0.3, -0.25) is 14.4 Å². The highest BCUT2D eigenvalue weighted by molar-refractivity contribution is 7.09. The molecule has 0 atom stereocenters. The fraction of sp³-hybridized carbons (Fsp3) is 0.391. The van der Waals surface area contributed by atoms with E-state index >= 15 is 0 Å². The van der Waals surface area contributed by atoms with Crippen molar-refractivity contribution in [3.63, 3.8) is 0 Å². The number of rotatable bonds is 4. The van der Waals surface area contributed by atoms with E-state index in [0.717, 1.165) is 50.5 Å². The second-order valence-electron chi connectivity index (χ2n) is 7.92. The third-order valence-corrected chi connectivity index (χ3v) is 6.56. The van der Waals surface area contributed by atoms with Crippen molar-refractivity contribution in [3.8, 4) is 22.8 Å². The molecule has 2 aliphatic heterocycles. The number of benzene rings is 1. The van der Waals surface area contributed by atoms with E-state index in [1.165, 1.54) is 4.88 Å². The highest BCUT2D eigenvalue weighted by Crippen LogP contribution is 2.35. The SMILES string of the molecule is Cn1cc(C(=O)N2CCN(Cc3cccs3)CC2)c(-c2ccc3c(c2)OCCCO3)n1. The summed E-state index contributed by atoms with van der Waals surface area (Å²) in [4.78, 5) is 19.1. The molecule has 1 aromatic carbocycles. The van der Waals surface area contributed by atoms with Crippen LogP contribution in [0.3, 0.4) is 0 Å². The Morgan fingerprint density at radius 3 is 2.68 bits per heavy atom. The van der Waals surface area contributed by atoms with E-state index in [9.17, 15) is 4.79 Å². The van der Waals surface area contributed by atoms with Crippen molar-refractivity contribution in [2.45, 2.75) is 13.0 Å². The number of aromatic nitrogens is 2. The summed E-state index contributed by atoms with van der Waals surface area (Å²) < 4.78 is 13.3. The van der Waals surface area contributed by atoms with Crippen molar-refractivity contribution in [2.75, 3.05) is 39.4 Å². The first-order valence-corrected chi connectivity index (χ1v) is 11.5. The van der Waals surface area contributed by atoms with Crippen molar-refractivity contribution >= 4 is 17.2 Å². The van der Waals surface area contributed by atoms with Crippen LogP contribution in [0.25, 0.3) is 11.3 Å². The van der Waals surface area contributed by atoms with Crippen molar-refractivity contribution in [1.29, 1.82) is 0 Å². The topological polar surface area (TPSA) is 59.8 Å². The first-order valence-electron chi connectivity index (χ1n) is 10.6. The number of thiophene rings is 1. The van der Waals surface area contributed by atoms with Crippen LogP contribution in [0, 0.1) is 0 Å². The largest absolute Gasteiger partial charge is 0.490 e. The Labute approximate surface area is 185 Å². The molecule has 4 heterocycles. The van der Waals surface area contributed by atoms with E-state index in [2.05, 4.69) is 27.5 Å². The number of aryl methyl sites for hydroxylation is 1. The van der Waals surface area contributed by atoms with Crippen LogP contribution in [-0.4, -0.2) is 64.9 Å². The van der Waals surface area contributed by atoms with Crippen LogP contribution in [0.1, 0.15) is 21.7 Å². The molecule has 1 amide bonds. The van der Waals surface area contributed by atoms with Gasteiger partial charge in [-0.2, -0.15) is 5.10 Å². The zero-order valence-corrected chi connectivity index (χ0v) is 18.4. The average molecular weight is 439 g/mol. The quantitative estimate of drug-likeness (QED) is 0.626. The van der Waals surface area contributed by atoms with Crippen LogP contribution >= 0.6 is 11.3 Å². The van der Waals surface area contributed by atoms with Gasteiger partial charge in [0.05, 0.1) is 18.8 Å². The van der Waals surface area contributed by atoms with Gasteiger partial charge in [0.15, 0.2) is 11.5 Å². The number of amides is 1. The number of hydrogen-bond acceptors (Lipinski definition) is 6. The van der Waals surface area contributed by atoms with Crippen molar-refractivity contribution in [1.82, 2.24) is 19.6 Å². The molecule has 2 aromatic heterocycles. The molecule has 0 N–H and O–H groups in total. The first-order chi connectivity index (χ1) is 15.2. The highest BCUT2D eigenvalue weighted by atomic mass is 32.1. The first kappa shape index (κ1) is 20.1. The smallest absolute Gasteiger partial charge is 0.257 e. The molecule has 1 saturated heterocycles. The zero-order valence-electron chi connectivity index (χ0n) is 17.6. The average Bonchev–Trinajstić information content (AvgIpc) is 3.37. The van der Waals surface area contributed by atoms with Crippen LogP contribution in [0.15, 0.2) is 41.9 Å². The Balaban J connectivity index is 1.32. The minimum atomic E-state index is 0.0333. The Hall–Kier alpha value is -2.84. The maximum Gasteiger partial charge on any atom is 0.257 e. The van der Waals surface area contributed by atoms with Gasteiger partial charge in [0.2, 0.25) is 0 Å². The molecule has 0 aliphatic carbocycles. The fourth-order valence-electron chi connectivity index (χ4n) is 4.07. The van der Waals surface area contributed by atoms with Gasteiger partial charge in [0.25, 0.3) is 5.91 Å². The van der Waals surface area contributed by atoms with Crippen molar-refractivity contribution < 1.29 is 14.3 Å². The van der Waals surface area contributed by atoms with Crippen molar-refractivity contribution in [2.24, 2.45) is 7.05 Å². The lowest BCUT2D eigenvalue weighted by Gasteiger charge is -2.34. The summed E-state index contributed by atoms with van der Waals surface area (Å²) in [5.74, 6) is 1.49. The van der Waals surface area contributed by atoms with Gasteiger partial charge in [-0.15, -0.1) is 11.3 Å². The summed E-state index contributed by atoms with van der Waals surface area (Å²) in [6.07, 6.45) is 2.68. The molecule has 3 aromatic rings. The minimum absolute atomic E-state index is 0.0333. The summed E-state index contributed by atoms with van der Waals surface area (Å²) in [6, 6.07) is 10.0. The normalized spacial score (nSPS) is 16.9. The predicted molar refractivity (Wildman–Crippen MR) is 120 cm³/mol. The molecule has 0 spiro atoms. The summed E-state index contributed by atoms with van der Waals surface area (Å²) in [6.45, 7) is 5.43. The molecule has 0 unspecified atom stereocenters. The van der Waals surface area contributed by atoms with Crippen LogP contribution < -0.4 is 9.47 Å². The third-order valence-electron chi connectivity index (χ3n) is 5.70. The molecule has 0 radical (unpaired) electrons. The number of nitrogens with zero attached hydrogens (tertiary/aromatic N) is 4. The second kappa shape index (κ2) is 8.72. The maximum atomic E-state index is 13.4. The third kappa shape index (κ3) is 4.31. The highest BCUT2D eigenvalue weighted by Gasteiger charge is 2.26. The van der Waals surface area contributed by atoms with E-state index in [-0.39, 0.29) is 5.91 Å². The molecule has 162 valence electrons. The van der Waals surface area contributed by atoms with Crippen LogP contribution in [0.5, 0.6) is 11.5 Å². The van der Waals surface area contributed by atoms with Gasteiger partial charge >= 0.3 is 0 Å². The molecule has 31 heavy (non-hydrogen) atoms. The molecule has 5 rings (SSSR count). The summed E-state index contributed by atoms with van der Waals surface area (Å²) in [5.41, 5.74) is 2.18. The van der Waals surface area contributed by atoms with Crippen molar-refractivity contribution in [3.05, 3.63) is 52.3 Å². The van der Waals surface area contributed by atoms with E-state index in [1.807, 2.05) is 36.3 Å². The Morgan fingerprint density at radius 1 is 1.10 bits per heavy atom. The van der Waals surface area contributed by atoms with E-state index in [0.29, 0.717) is 30.2 Å². The van der Waals surface area contributed by atoms with E-state index in [4.69, 9.17) is 9.47 Å². The Kier molecular flexibility index (Phi) is 5.65. The van der Waals surface area contributed by atoms with Crippen LogP contribution in [-0.2, 0) is 13.6 Å². The predicted octanol–water partition coefficient (Wildman–Crippen LogP) is 3.27. The molecule has 8 heteroatoms. The van der Waals surface area contributed by atoms with Gasteiger partial charge < -0.3 is 14.4 Å². The van der Waals surface area contributed by atoms with Gasteiger partial charge in [0, 0.05) is 62.8 Å². The summed E-state index contributed by atoms with van der Waals surface area (Å²) in [7, 11) is 1.85. The van der Waals surface area contributed by atoms with Crippen LogP contribution in [0.2, 0.25) is 0 Å². The van der Waals surface area contributed by atoms with Crippen LogP contribution in [0.4, 0.5) is 0 Å². The molecule has 7 nitrogen and oxygen atoms in total. The maximum absolute atomic E-state index is 13.4. The van der Waals surface area contributed by atoms with E-state index < -0.39 is 0 Å². The van der Waals surface area contributed by atoms with Gasteiger partial charge in [0.1, 0.15) is 5.69 Å². The molecule has 1 fully saturated rings. The number of ether oxygens (including phenoxy) is 2. The Morgan fingerprint density at radius 2 is 1.90 bits per heavy atom. The zero-order chi connectivity index (χ0) is 21.2. The lowest BCUT2D eigenvalue weighted by atomic mass is 10.1.